The molecular weight excluding hydrogens is 208 g/mol. The first kappa shape index (κ1) is 12.4. The van der Waals surface area contributed by atoms with Gasteiger partial charge in [-0.1, -0.05) is 25.1 Å². The highest BCUT2D eigenvalue weighted by Gasteiger charge is 2.19. The highest BCUT2D eigenvalue weighted by Crippen LogP contribution is 2.22. The molecule has 0 aromatic heterocycles. The van der Waals surface area contributed by atoms with E-state index in [0.29, 0.717) is 6.04 Å². The van der Waals surface area contributed by atoms with Crippen molar-refractivity contribution < 1.29 is 0 Å². The minimum Gasteiger partial charge on any atom is -0.382 e. The summed E-state index contributed by atoms with van der Waals surface area (Å²) in [5.74, 6) is 0.807. The summed E-state index contributed by atoms with van der Waals surface area (Å²) >= 11 is 0. The van der Waals surface area contributed by atoms with Crippen LogP contribution in [0.5, 0.6) is 0 Å². The van der Waals surface area contributed by atoms with Crippen LogP contribution in [0.25, 0.3) is 0 Å². The Morgan fingerprint density at radius 2 is 2.00 bits per heavy atom. The molecule has 0 amide bonds. The van der Waals surface area contributed by atoms with E-state index in [1.54, 1.807) is 0 Å². The monoisotopic (exact) mass is 232 g/mol. The third-order valence-electron chi connectivity index (χ3n) is 3.87. The summed E-state index contributed by atoms with van der Waals surface area (Å²) in [6.45, 7) is 6.89. The van der Waals surface area contributed by atoms with Crippen molar-refractivity contribution in [3.8, 4) is 0 Å². The summed E-state index contributed by atoms with van der Waals surface area (Å²) in [7, 11) is 0. The van der Waals surface area contributed by atoms with Crippen LogP contribution in [0.4, 0.5) is 5.69 Å². The second-order valence-corrected chi connectivity index (χ2v) is 5.03. The fourth-order valence-electron chi connectivity index (χ4n) is 2.68. The molecule has 1 saturated heterocycles. The molecule has 1 aromatic rings. The van der Waals surface area contributed by atoms with E-state index >= 15 is 0 Å². The first-order valence-electron chi connectivity index (χ1n) is 6.86. The van der Waals surface area contributed by atoms with Crippen LogP contribution in [0.1, 0.15) is 32.3 Å². The van der Waals surface area contributed by atoms with Crippen LogP contribution >= 0.6 is 0 Å². The second-order valence-electron chi connectivity index (χ2n) is 5.03. The molecule has 0 aliphatic carbocycles. The normalized spacial score (nSPS) is 18.9. The first-order valence-corrected chi connectivity index (χ1v) is 6.86. The molecule has 1 aliphatic rings. The molecule has 1 aromatic carbocycles. The van der Waals surface area contributed by atoms with Crippen molar-refractivity contribution in [3.63, 3.8) is 0 Å². The molecule has 2 nitrogen and oxygen atoms in total. The number of piperidine rings is 1. The number of nitrogens with one attached hydrogen (secondary N) is 2. The lowest BCUT2D eigenvalue weighted by atomic mass is 9.91. The van der Waals surface area contributed by atoms with Gasteiger partial charge in [0.2, 0.25) is 0 Å². The molecule has 0 saturated carbocycles. The number of rotatable bonds is 4. The van der Waals surface area contributed by atoms with Gasteiger partial charge in [-0.2, -0.15) is 0 Å². The number of hydrogen-bond acceptors (Lipinski definition) is 2. The van der Waals surface area contributed by atoms with Crippen LogP contribution in [-0.4, -0.2) is 19.1 Å². The van der Waals surface area contributed by atoms with Gasteiger partial charge in [0.25, 0.3) is 0 Å². The molecule has 1 fully saturated rings. The van der Waals surface area contributed by atoms with Crippen LogP contribution in [0, 0.1) is 5.92 Å². The summed E-state index contributed by atoms with van der Waals surface area (Å²) < 4.78 is 0. The van der Waals surface area contributed by atoms with Gasteiger partial charge in [0, 0.05) is 11.7 Å². The summed E-state index contributed by atoms with van der Waals surface area (Å²) in [4.78, 5) is 0. The van der Waals surface area contributed by atoms with Gasteiger partial charge in [-0.25, -0.2) is 0 Å². The van der Waals surface area contributed by atoms with Gasteiger partial charge >= 0.3 is 0 Å². The lowest BCUT2D eigenvalue weighted by molar-refractivity contribution is 0.343. The lowest BCUT2D eigenvalue weighted by Gasteiger charge is -2.30. The van der Waals surface area contributed by atoms with E-state index in [4.69, 9.17) is 0 Å². The fourth-order valence-corrected chi connectivity index (χ4v) is 2.68. The molecule has 1 heterocycles. The number of para-hydroxylation sites is 1. The topological polar surface area (TPSA) is 24.1 Å². The van der Waals surface area contributed by atoms with Gasteiger partial charge in [-0.05, 0) is 56.8 Å². The molecule has 17 heavy (non-hydrogen) atoms. The van der Waals surface area contributed by atoms with Gasteiger partial charge in [0.15, 0.2) is 0 Å². The molecule has 0 radical (unpaired) electrons. The SMILES string of the molecule is CCc1ccccc1NC(C)C1CCNCC1. The summed E-state index contributed by atoms with van der Waals surface area (Å²) in [6, 6.07) is 9.24. The van der Waals surface area contributed by atoms with Gasteiger partial charge < -0.3 is 10.6 Å². The smallest absolute Gasteiger partial charge is 0.0374 e. The van der Waals surface area contributed by atoms with Crippen LogP contribution < -0.4 is 10.6 Å². The molecule has 2 heteroatoms. The van der Waals surface area contributed by atoms with E-state index in [-0.39, 0.29) is 0 Å². The standard InChI is InChI=1S/C15H24N2/c1-3-13-6-4-5-7-15(13)17-12(2)14-8-10-16-11-9-14/h4-7,12,14,16-17H,3,8-11H2,1-2H3. The second kappa shape index (κ2) is 6.06. The molecule has 1 aliphatic heterocycles. The average molecular weight is 232 g/mol. The third-order valence-corrected chi connectivity index (χ3v) is 3.87. The highest BCUT2D eigenvalue weighted by atomic mass is 14.9. The average Bonchev–Trinajstić information content (AvgIpc) is 2.40. The Kier molecular flexibility index (Phi) is 4.43. The van der Waals surface area contributed by atoms with E-state index < -0.39 is 0 Å². The molecule has 0 bridgehead atoms. The Labute approximate surface area is 105 Å². The van der Waals surface area contributed by atoms with E-state index in [1.165, 1.54) is 37.2 Å². The van der Waals surface area contributed by atoms with Crippen molar-refractivity contribution in [1.29, 1.82) is 0 Å². The number of benzene rings is 1. The molecule has 94 valence electrons. The third kappa shape index (κ3) is 3.22. The van der Waals surface area contributed by atoms with Gasteiger partial charge in [-0.3, -0.25) is 0 Å². The van der Waals surface area contributed by atoms with E-state index in [1.807, 2.05) is 0 Å². The Hall–Kier alpha value is -1.02. The highest BCUT2D eigenvalue weighted by molar-refractivity contribution is 5.51. The Bertz CT molecular complexity index is 343. The van der Waals surface area contributed by atoms with Crippen LogP contribution in [0.2, 0.25) is 0 Å². The van der Waals surface area contributed by atoms with E-state index in [9.17, 15) is 0 Å². The van der Waals surface area contributed by atoms with Crippen LogP contribution in [0.3, 0.4) is 0 Å². The predicted octanol–water partition coefficient (Wildman–Crippen LogP) is 3.05. The lowest BCUT2D eigenvalue weighted by Crippen LogP contribution is -2.36. The van der Waals surface area contributed by atoms with Crippen molar-refractivity contribution in [2.24, 2.45) is 5.92 Å². The summed E-state index contributed by atoms with van der Waals surface area (Å²) in [5, 5.41) is 7.13. The maximum Gasteiger partial charge on any atom is 0.0374 e. The van der Waals surface area contributed by atoms with E-state index in [2.05, 4.69) is 48.7 Å². The zero-order valence-corrected chi connectivity index (χ0v) is 11.0. The minimum atomic E-state index is 0.574. The molecule has 0 spiro atoms. The van der Waals surface area contributed by atoms with Crippen LogP contribution in [0.15, 0.2) is 24.3 Å². The zero-order chi connectivity index (χ0) is 12.1. The Balaban J connectivity index is 1.99. The Morgan fingerprint density at radius 3 is 2.71 bits per heavy atom. The molecule has 2 N–H and O–H groups in total. The number of aryl methyl sites for hydroxylation is 1. The van der Waals surface area contributed by atoms with Crippen molar-refractivity contribution in [2.75, 3.05) is 18.4 Å². The van der Waals surface area contributed by atoms with Crippen molar-refractivity contribution >= 4 is 5.69 Å². The number of anilines is 1. The van der Waals surface area contributed by atoms with Gasteiger partial charge in [-0.15, -0.1) is 0 Å². The molecule has 1 unspecified atom stereocenters. The van der Waals surface area contributed by atoms with Crippen molar-refractivity contribution in [2.45, 2.75) is 39.2 Å². The minimum absolute atomic E-state index is 0.574. The predicted molar refractivity (Wildman–Crippen MR) is 74.5 cm³/mol. The maximum absolute atomic E-state index is 3.70. The van der Waals surface area contributed by atoms with Gasteiger partial charge in [0.1, 0.15) is 0 Å². The molecular formula is C15H24N2. The quantitative estimate of drug-likeness (QED) is 0.833. The van der Waals surface area contributed by atoms with Crippen LogP contribution in [-0.2, 0) is 6.42 Å². The fraction of sp³-hybridized carbons (Fsp3) is 0.600. The van der Waals surface area contributed by atoms with E-state index in [0.717, 1.165) is 12.3 Å². The molecule has 2 rings (SSSR count). The van der Waals surface area contributed by atoms with Crippen molar-refractivity contribution in [3.05, 3.63) is 29.8 Å². The molecule has 1 atom stereocenters. The maximum atomic E-state index is 3.70. The van der Waals surface area contributed by atoms with Gasteiger partial charge in [0.05, 0.1) is 0 Å². The zero-order valence-electron chi connectivity index (χ0n) is 11.0. The summed E-state index contributed by atoms with van der Waals surface area (Å²) in [5.41, 5.74) is 2.74. The van der Waals surface area contributed by atoms with Crippen molar-refractivity contribution in [1.82, 2.24) is 5.32 Å². The largest absolute Gasteiger partial charge is 0.382 e. The first-order chi connectivity index (χ1) is 8.31. The Morgan fingerprint density at radius 1 is 1.29 bits per heavy atom. The summed E-state index contributed by atoms with van der Waals surface area (Å²) in [6.07, 6.45) is 3.69. The number of hydrogen-bond donors (Lipinski definition) is 2.